The van der Waals surface area contributed by atoms with E-state index in [-0.39, 0.29) is 21.0 Å². The molecule has 1 aromatic heterocycles. The predicted molar refractivity (Wildman–Crippen MR) is 89.0 cm³/mol. The van der Waals surface area contributed by atoms with Crippen LogP contribution in [0.2, 0.25) is 0 Å². The van der Waals surface area contributed by atoms with Crippen LogP contribution in [0, 0.1) is 12.7 Å². The number of nitrogens with zero attached hydrogens (tertiary/aromatic N) is 1. The molecule has 0 saturated heterocycles. The Morgan fingerprint density at radius 1 is 1.22 bits per heavy atom. The number of aromatic nitrogens is 1. The highest BCUT2D eigenvalue weighted by Crippen LogP contribution is 2.25. The van der Waals surface area contributed by atoms with Gasteiger partial charge in [-0.15, -0.1) is 0 Å². The lowest BCUT2D eigenvalue weighted by molar-refractivity contribution is 0.601. The molecule has 0 spiro atoms. The van der Waals surface area contributed by atoms with E-state index in [9.17, 15) is 17.6 Å². The van der Waals surface area contributed by atoms with E-state index < -0.39 is 15.8 Å². The van der Waals surface area contributed by atoms with Gasteiger partial charge >= 0.3 is 4.87 Å². The number of rotatable bonds is 3. The molecule has 0 bridgehead atoms. The van der Waals surface area contributed by atoms with Crippen LogP contribution < -0.4 is 9.60 Å². The zero-order valence-electron chi connectivity index (χ0n) is 12.3. The highest BCUT2D eigenvalue weighted by Gasteiger charge is 2.18. The van der Waals surface area contributed by atoms with E-state index in [0.717, 1.165) is 11.3 Å². The van der Waals surface area contributed by atoms with Gasteiger partial charge in [0.15, 0.2) is 0 Å². The summed E-state index contributed by atoms with van der Waals surface area (Å²) in [5.41, 5.74) is 1.08. The Morgan fingerprint density at radius 2 is 1.96 bits per heavy atom. The summed E-state index contributed by atoms with van der Waals surface area (Å²) in [6, 6.07) is 8.65. The van der Waals surface area contributed by atoms with Crippen LogP contribution in [0.5, 0.6) is 0 Å². The summed E-state index contributed by atoms with van der Waals surface area (Å²) in [6.45, 7) is 1.50. The minimum Gasteiger partial charge on any atom is -0.302 e. The van der Waals surface area contributed by atoms with Crippen LogP contribution >= 0.6 is 11.3 Å². The number of sulfonamides is 1. The number of hydrogen-bond acceptors (Lipinski definition) is 4. The topological polar surface area (TPSA) is 68.2 Å². The Kier molecular flexibility index (Phi) is 3.73. The number of hydrogen-bond donors (Lipinski definition) is 1. The lowest BCUT2D eigenvalue weighted by Crippen LogP contribution is -2.14. The molecule has 120 valence electrons. The first-order valence-corrected chi connectivity index (χ1v) is 8.97. The maximum atomic E-state index is 13.5. The molecule has 23 heavy (non-hydrogen) atoms. The SMILES string of the molecule is Cc1c(F)cccc1NS(=O)(=O)c1ccc2c(c1)sc(=O)n2C. The van der Waals surface area contributed by atoms with Crippen molar-refractivity contribution in [2.45, 2.75) is 11.8 Å². The van der Waals surface area contributed by atoms with Crippen molar-refractivity contribution in [2.24, 2.45) is 7.05 Å². The molecule has 1 N–H and O–H groups in total. The number of halogens is 1. The standard InChI is InChI=1S/C15H13FN2O3S2/c1-9-11(16)4-3-5-12(9)17-23(20,21)10-6-7-13-14(8-10)22-15(19)18(13)2/h3-8,17H,1-2H3. The fourth-order valence-electron chi connectivity index (χ4n) is 2.20. The zero-order valence-corrected chi connectivity index (χ0v) is 14.0. The van der Waals surface area contributed by atoms with Gasteiger partial charge in [-0.05, 0) is 37.3 Å². The monoisotopic (exact) mass is 352 g/mol. The second-order valence-electron chi connectivity index (χ2n) is 5.07. The maximum Gasteiger partial charge on any atom is 0.307 e. The number of fused-ring (bicyclic) bond motifs is 1. The van der Waals surface area contributed by atoms with Crippen molar-refractivity contribution in [3.8, 4) is 0 Å². The summed E-state index contributed by atoms with van der Waals surface area (Å²) in [7, 11) is -2.24. The summed E-state index contributed by atoms with van der Waals surface area (Å²) in [5.74, 6) is -0.484. The number of anilines is 1. The van der Waals surface area contributed by atoms with Gasteiger partial charge in [0.1, 0.15) is 5.82 Å². The van der Waals surface area contributed by atoms with E-state index >= 15 is 0 Å². The van der Waals surface area contributed by atoms with Gasteiger partial charge in [0.05, 0.1) is 20.8 Å². The van der Waals surface area contributed by atoms with Crippen molar-refractivity contribution in [3.63, 3.8) is 0 Å². The largest absolute Gasteiger partial charge is 0.307 e. The van der Waals surface area contributed by atoms with Gasteiger partial charge < -0.3 is 4.57 Å². The molecule has 0 aliphatic carbocycles. The van der Waals surface area contributed by atoms with Gasteiger partial charge in [-0.1, -0.05) is 17.4 Å². The molecule has 0 fully saturated rings. The smallest absolute Gasteiger partial charge is 0.302 e. The first kappa shape index (κ1) is 15.7. The molecule has 2 aromatic carbocycles. The summed E-state index contributed by atoms with van der Waals surface area (Å²) >= 11 is 0.976. The average Bonchev–Trinajstić information content (AvgIpc) is 2.78. The fourth-order valence-corrected chi connectivity index (χ4v) is 4.35. The predicted octanol–water partition coefficient (Wildman–Crippen LogP) is 2.85. The lowest BCUT2D eigenvalue weighted by Gasteiger charge is -2.11. The van der Waals surface area contributed by atoms with E-state index in [4.69, 9.17) is 0 Å². The minimum absolute atomic E-state index is 0.0236. The summed E-state index contributed by atoms with van der Waals surface area (Å²) in [4.78, 5) is 11.5. The van der Waals surface area contributed by atoms with Gasteiger partial charge in [0.25, 0.3) is 10.0 Å². The van der Waals surface area contributed by atoms with E-state index in [0.29, 0.717) is 10.2 Å². The van der Waals surface area contributed by atoms with Crippen molar-refractivity contribution >= 4 is 37.3 Å². The van der Waals surface area contributed by atoms with E-state index in [1.807, 2.05) is 0 Å². The average molecular weight is 352 g/mol. The first-order valence-electron chi connectivity index (χ1n) is 6.67. The molecule has 8 heteroatoms. The molecule has 3 aromatic rings. The highest BCUT2D eigenvalue weighted by molar-refractivity contribution is 7.92. The normalized spacial score (nSPS) is 11.8. The van der Waals surface area contributed by atoms with Gasteiger partial charge in [0.2, 0.25) is 0 Å². The Balaban J connectivity index is 2.06. The molecule has 0 radical (unpaired) electrons. The molecule has 0 amide bonds. The molecule has 0 unspecified atom stereocenters. The van der Waals surface area contributed by atoms with Gasteiger partial charge in [-0.25, -0.2) is 12.8 Å². The summed E-state index contributed by atoms with van der Waals surface area (Å²) in [6.07, 6.45) is 0. The van der Waals surface area contributed by atoms with Crippen LogP contribution in [0.3, 0.4) is 0 Å². The molecule has 0 saturated carbocycles. The van der Waals surface area contributed by atoms with E-state index in [1.165, 1.54) is 41.8 Å². The third-order valence-electron chi connectivity index (χ3n) is 3.59. The number of thiazole rings is 1. The molecule has 1 heterocycles. The fraction of sp³-hybridized carbons (Fsp3) is 0.133. The van der Waals surface area contributed by atoms with E-state index in [1.54, 1.807) is 13.1 Å². The van der Waals surface area contributed by atoms with Crippen LogP contribution in [0.15, 0.2) is 46.1 Å². The lowest BCUT2D eigenvalue weighted by atomic mass is 10.2. The number of nitrogens with one attached hydrogen (secondary N) is 1. The van der Waals surface area contributed by atoms with Crippen LogP contribution in [0.1, 0.15) is 5.56 Å². The molecular weight excluding hydrogens is 339 g/mol. The zero-order chi connectivity index (χ0) is 16.8. The number of aryl methyl sites for hydroxylation is 1. The van der Waals surface area contributed by atoms with Crippen molar-refractivity contribution in [1.29, 1.82) is 0 Å². The number of benzene rings is 2. The molecule has 0 aliphatic heterocycles. The Hall–Kier alpha value is -2.19. The Bertz CT molecular complexity index is 1070. The summed E-state index contributed by atoms with van der Waals surface area (Å²) < 4.78 is 42.9. The second kappa shape index (κ2) is 5.47. The van der Waals surface area contributed by atoms with Crippen molar-refractivity contribution in [1.82, 2.24) is 4.57 Å². The third kappa shape index (κ3) is 2.75. The van der Waals surface area contributed by atoms with Gasteiger partial charge in [-0.3, -0.25) is 9.52 Å². The molecular formula is C15H13FN2O3S2. The van der Waals surface area contributed by atoms with Gasteiger partial charge in [0, 0.05) is 12.6 Å². The van der Waals surface area contributed by atoms with Crippen molar-refractivity contribution in [2.75, 3.05) is 4.72 Å². The first-order chi connectivity index (χ1) is 10.8. The maximum absolute atomic E-state index is 13.5. The summed E-state index contributed by atoms with van der Waals surface area (Å²) in [5, 5.41) is 0. The van der Waals surface area contributed by atoms with Crippen molar-refractivity contribution < 1.29 is 12.8 Å². The highest BCUT2D eigenvalue weighted by atomic mass is 32.2. The minimum atomic E-state index is -3.87. The van der Waals surface area contributed by atoms with Crippen LogP contribution in [0.4, 0.5) is 10.1 Å². The van der Waals surface area contributed by atoms with Crippen LogP contribution in [-0.2, 0) is 17.1 Å². The molecule has 0 atom stereocenters. The molecule has 5 nitrogen and oxygen atoms in total. The Labute approximate surface area is 136 Å². The van der Waals surface area contributed by atoms with Crippen molar-refractivity contribution in [3.05, 3.63) is 57.4 Å². The van der Waals surface area contributed by atoms with Crippen LogP contribution in [-0.4, -0.2) is 13.0 Å². The molecule has 0 aliphatic rings. The third-order valence-corrected chi connectivity index (χ3v) is 5.94. The second-order valence-corrected chi connectivity index (χ2v) is 7.75. The van der Waals surface area contributed by atoms with E-state index in [2.05, 4.69) is 4.72 Å². The Morgan fingerprint density at radius 3 is 2.70 bits per heavy atom. The van der Waals surface area contributed by atoms with Crippen LogP contribution in [0.25, 0.3) is 10.2 Å². The van der Waals surface area contributed by atoms with Gasteiger partial charge in [-0.2, -0.15) is 0 Å². The molecule has 3 rings (SSSR count). The quantitative estimate of drug-likeness (QED) is 0.788.